The first-order valence-electron chi connectivity index (χ1n) is 4.32. The van der Waals surface area contributed by atoms with Crippen molar-refractivity contribution in [3.05, 3.63) is 16.5 Å². The normalized spacial score (nSPS) is 10.5. The molecule has 0 bridgehead atoms. The molecule has 0 spiro atoms. The van der Waals surface area contributed by atoms with Gasteiger partial charge < -0.3 is 4.74 Å². The van der Waals surface area contributed by atoms with E-state index < -0.39 is 0 Å². The van der Waals surface area contributed by atoms with Gasteiger partial charge in [-0.25, -0.2) is 4.98 Å². The second kappa shape index (κ2) is 4.56. The molecule has 0 saturated carbocycles. The summed E-state index contributed by atoms with van der Waals surface area (Å²) in [6.07, 6.45) is 0.958. The van der Waals surface area contributed by atoms with E-state index in [0.29, 0.717) is 5.88 Å². The van der Waals surface area contributed by atoms with Gasteiger partial charge in [0, 0.05) is 12.5 Å². The molecule has 72 valence electrons. The van der Waals surface area contributed by atoms with Crippen molar-refractivity contribution >= 4 is 15.9 Å². The van der Waals surface area contributed by atoms with Crippen molar-refractivity contribution in [3.63, 3.8) is 0 Å². The molecule has 0 saturated heterocycles. The van der Waals surface area contributed by atoms with E-state index in [0.717, 1.165) is 16.8 Å². The summed E-state index contributed by atoms with van der Waals surface area (Å²) in [6, 6.07) is 1.78. The van der Waals surface area contributed by atoms with Gasteiger partial charge in [0.2, 0.25) is 5.88 Å². The van der Waals surface area contributed by atoms with E-state index in [-0.39, 0.29) is 6.10 Å². The zero-order valence-electron chi connectivity index (χ0n) is 8.04. The van der Waals surface area contributed by atoms with Crippen molar-refractivity contribution in [2.75, 3.05) is 0 Å². The smallest absolute Gasteiger partial charge is 0.217 e. The van der Waals surface area contributed by atoms with E-state index in [1.807, 2.05) is 20.8 Å². The fourth-order valence-electron chi connectivity index (χ4n) is 0.902. The van der Waals surface area contributed by atoms with Crippen LogP contribution in [0.1, 0.15) is 26.6 Å². The third-order valence-corrected chi connectivity index (χ3v) is 1.80. The molecule has 0 amide bonds. The van der Waals surface area contributed by atoms with Crippen LogP contribution in [0.25, 0.3) is 0 Å². The van der Waals surface area contributed by atoms with E-state index in [1.165, 1.54) is 0 Å². The maximum absolute atomic E-state index is 5.46. The van der Waals surface area contributed by atoms with E-state index in [4.69, 9.17) is 4.74 Å². The molecule has 0 fully saturated rings. The topological polar surface area (TPSA) is 35.0 Å². The summed E-state index contributed by atoms with van der Waals surface area (Å²) in [7, 11) is 0. The Morgan fingerprint density at radius 2 is 2.15 bits per heavy atom. The number of halogens is 1. The number of hydrogen-bond donors (Lipinski definition) is 0. The number of hydrogen-bond acceptors (Lipinski definition) is 3. The van der Waals surface area contributed by atoms with Crippen LogP contribution in [0.15, 0.2) is 10.7 Å². The van der Waals surface area contributed by atoms with Gasteiger partial charge in [-0.3, -0.25) is 0 Å². The van der Waals surface area contributed by atoms with Gasteiger partial charge in [-0.2, -0.15) is 4.98 Å². The molecule has 0 aliphatic carbocycles. The molecule has 1 aromatic heterocycles. The highest BCUT2D eigenvalue weighted by Gasteiger charge is 2.03. The van der Waals surface area contributed by atoms with Crippen LogP contribution in [0, 0.1) is 0 Å². The molecular weight excluding hydrogens is 232 g/mol. The predicted octanol–water partition coefficient (Wildman–Crippen LogP) is 2.59. The third kappa shape index (κ3) is 3.30. The molecule has 0 aromatic carbocycles. The van der Waals surface area contributed by atoms with Gasteiger partial charge in [-0.15, -0.1) is 0 Å². The van der Waals surface area contributed by atoms with E-state index in [1.54, 1.807) is 6.07 Å². The van der Waals surface area contributed by atoms with E-state index in [9.17, 15) is 0 Å². The standard InChI is InChI=1S/C9H13BrN2O/c1-4-8-11-7(10)5-9(12-8)13-6(2)3/h5-6H,4H2,1-3H3. The molecule has 0 unspecified atom stereocenters. The van der Waals surface area contributed by atoms with Crippen LogP contribution in [-0.4, -0.2) is 16.1 Å². The Morgan fingerprint density at radius 1 is 1.46 bits per heavy atom. The fraction of sp³-hybridized carbons (Fsp3) is 0.556. The maximum Gasteiger partial charge on any atom is 0.217 e. The summed E-state index contributed by atoms with van der Waals surface area (Å²) < 4.78 is 6.23. The van der Waals surface area contributed by atoms with Crippen molar-refractivity contribution in [1.82, 2.24) is 9.97 Å². The summed E-state index contributed by atoms with van der Waals surface area (Å²) in [5, 5.41) is 0. The number of aromatic nitrogens is 2. The van der Waals surface area contributed by atoms with Gasteiger partial charge in [0.25, 0.3) is 0 Å². The Hall–Kier alpha value is -0.640. The molecule has 0 N–H and O–H groups in total. The lowest BCUT2D eigenvalue weighted by molar-refractivity contribution is 0.231. The fourth-order valence-corrected chi connectivity index (χ4v) is 1.30. The summed E-state index contributed by atoms with van der Waals surface area (Å²) in [5.41, 5.74) is 0. The van der Waals surface area contributed by atoms with Crippen molar-refractivity contribution in [1.29, 1.82) is 0 Å². The van der Waals surface area contributed by atoms with Crippen molar-refractivity contribution < 1.29 is 4.74 Å². The first-order chi connectivity index (χ1) is 6.11. The summed E-state index contributed by atoms with van der Waals surface area (Å²) in [6.45, 7) is 5.96. The molecule has 0 radical (unpaired) electrons. The quantitative estimate of drug-likeness (QED) is 0.767. The largest absolute Gasteiger partial charge is 0.475 e. The van der Waals surface area contributed by atoms with Crippen LogP contribution in [-0.2, 0) is 6.42 Å². The highest BCUT2D eigenvalue weighted by molar-refractivity contribution is 9.10. The van der Waals surface area contributed by atoms with Gasteiger partial charge in [0.15, 0.2) is 0 Å². The Morgan fingerprint density at radius 3 is 2.69 bits per heavy atom. The molecule has 4 heteroatoms. The Balaban J connectivity index is 2.88. The molecule has 0 atom stereocenters. The minimum absolute atomic E-state index is 0.145. The summed E-state index contributed by atoms with van der Waals surface area (Å²) >= 11 is 3.31. The number of aryl methyl sites for hydroxylation is 1. The minimum Gasteiger partial charge on any atom is -0.475 e. The number of nitrogens with zero attached hydrogens (tertiary/aromatic N) is 2. The molecule has 1 aromatic rings. The number of rotatable bonds is 3. The second-order valence-corrected chi connectivity index (χ2v) is 3.78. The second-order valence-electron chi connectivity index (χ2n) is 2.97. The van der Waals surface area contributed by atoms with Crippen molar-refractivity contribution in [2.45, 2.75) is 33.3 Å². The zero-order valence-corrected chi connectivity index (χ0v) is 9.63. The van der Waals surface area contributed by atoms with Crippen molar-refractivity contribution in [2.24, 2.45) is 0 Å². The predicted molar refractivity (Wildman–Crippen MR) is 54.9 cm³/mol. The van der Waals surface area contributed by atoms with Gasteiger partial charge in [-0.1, -0.05) is 6.92 Å². The SMILES string of the molecule is CCc1nc(Br)cc(OC(C)C)n1. The van der Waals surface area contributed by atoms with Crippen LogP contribution in [0.2, 0.25) is 0 Å². The van der Waals surface area contributed by atoms with Gasteiger partial charge in [0.05, 0.1) is 6.10 Å². The minimum atomic E-state index is 0.145. The van der Waals surface area contributed by atoms with Gasteiger partial charge in [0.1, 0.15) is 10.4 Å². The third-order valence-electron chi connectivity index (χ3n) is 1.39. The van der Waals surface area contributed by atoms with Crippen LogP contribution >= 0.6 is 15.9 Å². The van der Waals surface area contributed by atoms with Crippen LogP contribution in [0.3, 0.4) is 0 Å². The zero-order chi connectivity index (χ0) is 9.84. The molecule has 0 aliphatic rings. The summed E-state index contributed by atoms with van der Waals surface area (Å²) in [5.74, 6) is 1.43. The van der Waals surface area contributed by atoms with E-state index >= 15 is 0 Å². The first-order valence-corrected chi connectivity index (χ1v) is 5.11. The Labute approximate surface area is 86.7 Å². The molecule has 3 nitrogen and oxygen atoms in total. The van der Waals surface area contributed by atoms with Crippen LogP contribution < -0.4 is 4.74 Å². The molecule has 13 heavy (non-hydrogen) atoms. The summed E-state index contributed by atoms with van der Waals surface area (Å²) in [4.78, 5) is 8.41. The average molecular weight is 245 g/mol. The maximum atomic E-state index is 5.46. The average Bonchev–Trinajstić information content (AvgIpc) is 2.01. The van der Waals surface area contributed by atoms with Crippen LogP contribution in [0.5, 0.6) is 5.88 Å². The highest BCUT2D eigenvalue weighted by atomic mass is 79.9. The Kier molecular flexibility index (Phi) is 3.66. The number of ether oxygens (including phenoxy) is 1. The van der Waals surface area contributed by atoms with Crippen molar-refractivity contribution in [3.8, 4) is 5.88 Å². The molecule has 1 heterocycles. The van der Waals surface area contributed by atoms with Crippen LogP contribution in [0.4, 0.5) is 0 Å². The lowest BCUT2D eigenvalue weighted by Gasteiger charge is -2.09. The lowest BCUT2D eigenvalue weighted by Crippen LogP contribution is -2.08. The highest BCUT2D eigenvalue weighted by Crippen LogP contribution is 2.15. The lowest BCUT2D eigenvalue weighted by atomic mass is 10.4. The monoisotopic (exact) mass is 244 g/mol. The molecule has 1 rings (SSSR count). The molecule has 0 aliphatic heterocycles. The van der Waals surface area contributed by atoms with Gasteiger partial charge >= 0.3 is 0 Å². The first kappa shape index (κ1) is 10.4. The Bertz CT molecular complexity index is 289. The molecular formula is C9H13BrN2O. The van der Waals surface area contributed by atoms with E-state index in [2.05, 4.69) is 25.9 Å². The van der Waals surface area contributed by atoms with Gasteiger partial charge in [-0.05, 0) is 29.8 Å².